The zero-order chi connectivity index (χ0) is 21.0. The summed E-state index contributed by atoms with van der Waals surface area (Å²) < 4.78 is 16.5. The number of nitrogen functional groups attached to an aromatic ring is 1. The number of benzene rings is 1. The maximum absolute atomic E-state index is 12.1. The minimum absolute atomic E-state index is 0.212. The molecule has 1 aromatic heterocycles. The number of H-pyrrole nitrogens is 1. The minimum atomic E-state index is -1.56. The van der Waals surface area contributed by atoms with E-state index in [0.29, 0.717) is 32.0 Å². The summed E-state index contributed by atoms with van der Waals surface area (Å²) in [5.41, 5.74) is 3.40. The molecule has 1 aromatic carbocycles. The third kappa shape index (κ3) is 4.55. The molecule has 0 saturated carbocycles. The molecule has 5 N–H and O–H groups in total. The number of rotatable bonds is 7. The molecular weight excluding hydrogens is 384 g/mol. The van der Waals surface area contributed by atoms with Crippen LogP contribution in [0.15, 0.2) is 29.1 Å². The van der Waals surface area contributed by atoms with Crippen molar-refractivity contribution < 1.29 is 34.0 Å². The molecule has 0 bridgehead atoms. The van der Waals surface area contributed by atoms with Gasteiger partial charge >= 0.3 is 11.9 Å². The number of aromatic carboxylic acids is 2. The van der Waals surface area contributed by atoms with E-state index in [9.17, 15) is 24.6 Å². The lowest BCUT2D eigenvalue weighted by Gasteiger charge is -2.23. The van der Waals surface area contributed by atoms with Gasteiger partial charge in [-0.3, -0.25) is 4.79 Å². The highest BCUT2D eigenvalue weighted by molar-refractivity contribution is 6.07. The average molecular weight is 404 g/mol. The number of carbonyl (C=O) groups is 2. The molecule has 0 unspecified atom stereocenters. The largest absolute Gasteiger partial charge is 0.493 e. The van der Waals surface area contributed by atoms with Gasteiger partial charge in [0.05, 0.1) is 19.8 Å². The number of pyridine rings is 1. The van der Waals surface area contributed by atoms with Crippen LogP contribution >= 0.6 is 0 Å². The Hall–Kier alpha value is -3.37. The van der Waals surface area contributed by atoms with Gasteiger partial charge in [-0.15, -0.1) is 0 Å². The van der Waals surface area contributed by atoms with Crippen LogP contribution in [-0.2, 0) is 9.47 Å². The van der Waals surface area contributed by atoms with E-state index in [-0.39, 0.29) is 17.4 Å². The highest BCUT2D eigenvalue weighted by atomic mass is 16.7. The fourth-order valence-electron chi connectivity index (χ4n) is 3.03. The lowest BCUT2D eigenvalue weighted by molar-refractivity contribution is -0.183. The van der Waals surface area contributed by atoms with Crippen molar-refractivity contribution in [1.29, 1.82) is 0 Å². The van der Waals surface area contributed by atoms with Crippen LogP contribution in [0.5, 0.6) is 5.75 Å². The zero-order valence-corrected chi connectivity index (χ0v) is 15.3. The third-order valence-electron chi connectivity index (χ3n) is 4.33. The molecule has 2 heterocycles. The molecule has 1 fully saturated rings. The molecule has 2 aromatic rings. The van der Waals surface area contributed by atoms with Gasteiger partial charge in [0.1, 0.15) is 22.7 Å². The predicted molar refractivity (Wildman–Crippen MR) is 101 cm³/mol. The van der Waals surface area contributed by atoms with Crippen LogP contribution < -0.4 is 16.0 Å². The number of ether oxygens (including phenoxy) is 3. The van der Waals surface area contributed by atoms with Crippen molar-refractivity contribution in [3.05, 3.63) is 45.7 Å². The van der Waals surface area contributed by atoms with E-state index in [4.69, 9.17) is 19.9 Å². The number of anilines is 1. The molecule has 0 atom stereocenters. The van der Waals surface area contributed by atoms with Crippen molar-refractivity contribution in [3.8, 4) is 16.9 Å². The van der Waals surface area contributed by atoms with Gasteiger partial charge in [0.2, 0.25) is 0 Å². The van der Waals surface area contributed by atoms with E-state index >= 15 is 0 Å². The van der Waals surface area contributed by atoms with Crippen molar-refractivity contribution in [1.82, 2.24) is 4.98 Å². The standard InChI is InChI=1S/C19H20N2O8/c20-16-14(18(23)24)13(15(19(25)26)17(22)21-16)10-2-4-11(5-3-10)27-9-6-12-28-7-1-8-29-12/h2-5,12H,1,6-9H2,(H,23,24)(H,25,26)(H3,20,21,22). The van der Waals surface area contributed by atoms with E-state index in [1.54, 1.807) is 12.1 Å². The number of nitrogens with two attached hydrogens (primary N) is 1. The van der Waals surface area contributed by atoms with E-state index < -0.39 is 34.4 Å². The van der Waals surface area contributed by atoms with Crippen LogP contribution in [0.1, 0.15) is 33.6 Å². The Labute approximate surface area is 164 Å². The molecule has 1 saturated heterocycles. The van der Waals surface area contributed by atoms with Crippen molar-refractivity contribution in [2.75, 3.05) is 25.6 Å². The van der Waals surface area contributed by atoms with Gasteiger partial charge < -0.3 is 35.1 Å². The summed E-state index contributed by atoms with van der Waals surface area (Å²) >= 11 is 0. The van der Waals surface area contributed by atoms with E-state index in [0.717, 1.165) is 6.42 Å². The van der Waals surface area contributed by atoms with Crippen LogP contribution in [0.3, 0.4) is 0 Å². The molecule has 29 heavy (non-hydrogen) atoms. The second kappa shape index (κ2) is 8.76. The number of aromatic amines is 1. The molecule has 10 heteroatoms. The van der Waals surface area contributed by atoms with Crippen molar-refractivity contribution in [3.63, 3.8) is 0 Å². The number of hydrogen-bond acceptors (Lipinski definition) is 7. The molecule has 0 aliphatic carbocycles. The summed E-state index contributed by atoms with van der Waals surface area (Å²) in [4.78, 5) is 37.3. The summed E-state index contributed by atoms with van der Waals surface area (Å²) in [6.07, 6.45) is 1.10. The van der Waals surface area contributed by atoms with Crippen LogP contribution in [-0.4, -0.2) is 53.2 Å². The number of carboxylic acid groups (broad SMARTS) is 2. The van der Waals surface area contributed by atoms with Gasteiger partial charge in [-0.2, -0.15) is 0 Å². The van der Waals surface area contributed by atoms with Gasteiger partial charge in [-0.1, -0.05) is 12.1 Å². The zero-order valence-electron chi connectivity index (χ0n) is 15.3. The lowest BCUT2D eigenvalue weighted by atomic mass is 9.95. The van der Waals surface area contributed by atoms with Crippen LogP contribution in [0.25, 0.3) is 11.1 Å². The number of hydrogen-bond donors (Lipinski definition) is 4. The monoisotopic (exact) mass is 404 g/mol. The minimum Gasteiger partial charge on any atom is -0.493 e. The normalized spacial score (nSPS) is 14.5. The Kier molecular flexibility index (Phi) is 6.15. The Morgan fingerprint density at radius 2 is 1.72 bits per heavy atom. The summed E-state index contributed by atoms with van der Waals surface area (Å²) in [7, 11) is 0. The molecular formula is C19H20N2O8. The SMILES string of the molecule is Nc1[nH]c(=O)c(C(=O)O)c(-c2ccc(OCCC3OCCCO3)cc2)c1C(=O)O. The second-order valence-electron chi connectivity index (χ2n) is 6.29. The van der Waals surface area contributed by atoms with Gasteiger partial charge in [0, 0.05) is 12.0 Å². The average Bonchev–Trinajstić information content (AvgIpc) is 2.68. The molecule has 3 rings (SSSR count). The smallest absolute Gasteiger partial charge is 0.342 e. The topological polar surface area (TPSA) is 161 Å². The van der Waals surface area contributed by atoms with E-state index in [1.807, 2.05) is 0 Å². The molecule has 1 aliphatic heterocycles. The van der Waals surface area contributed by atoms with Crippen LogP contribution in [0.2, 0.25) is 0 Å². The maximum Gasteiger partial charge on any atom is 0.342 e. The quantitative estimate of drug-likeness (QED) is 0.536. The van der Waals surface area contributed by atoms with Gasteiger partial charge in [0.25, 0.3) is 5.56 Å². The first-order valence-electron chi connectivity index (χ1n) is 8.87. The van der Waals surface area contributed by atoms with Gasteiger partial charge in [-0.05, 0) is 24.1 Å². The Morgan fingerprint density at radius 1 is 1.10 bits per heavy atom. The lowest BCUT2D eigenvalue weighted by Crippen LogP contribution is -2.26. The first-order valence-corrected chi connectivity index (χ1v) is 8.87. The second-order valence-corrected chi connectivity index (χ2v) is 6.29. The van der Waals surface area contributed by atoms with Crippen molar-refractivity contribution in [2.24, 2.45) is 0 Å². The third-order valence-corrected chi connectivity index (χ3v) is 4.33. The number of carboxylic acids is 2. The highest BCUT2D eigenvalue weighted by Gasteiger charge is 2.26. The fraction of sp³-hybridized carbons (Fsp3) is 0.316. The summed E-state index contributed by atoms with van der Waals surface area (Å²) in [6, 6.07) is 6.03. The Bertz CT molecular complexity index is 961. The summed E-state index contributed by atoms with van der Waals surface area (Å²) in [6.45, 7) is 1.63. The Balaban J connectivity index is 1.84. The molecule has 154 valence electrons. The van der Waals surface area contributed by atoms with Crippen LogP contribution in [0, 0.1) is 0 Å². The number of nitrogens with one attached hydrogen (secondary N) is 1. The fourth-order valence-corrected chi connectivity index (χ4v) is 3.03. The summed E-state index contributed by atoms with van der Waals surface area (Å²) in [5, 5.41) is 18.9. The highest BCUT2D eigenvalue weighted by Crippen LogP contribution is 2.30. The van der Waals surface area contributed by atoms with Crippen LogP contribution in [0.4, 0.5) is 5.82 Å². The van der Waals surface area contributed by atoms with Gasteiger partial charge in [0.15, 0.2) is 6.29 Å². The van der Waals surface area contributed by atoms with Crippen molar-refractivity contribution >= 4 is 17.8 Å². The van der Waals surface area contributed by atoms with E-state index in [2.05, 4.69) is 4.98 Å². The Morgan fingerprint density at radius 3 is 2.31 bits per heavy atom. The molecule has 1 aliphatic rings. The van der Waals surface area contributed by atoms with E-state index in [1.165, 1.54) is 12.1 Å². The maximum atomic E-state index is 12.1. The first-order chi connectivity index (χ1) is 13.9. The molecule has 0 amide bonds. The first kappa shape index (κ1) is 20.4. The summed E-state index contributed by atoms with van der Waals surface area (Å²) in [5.74, 6) is -2.95. The van der Waals surface area contributed by atoms with Crippen molar-refractivity contribution in [2.45, 2.75) is 19.1 Å². The molecule has 0 radical (unpaired) electrons. The number of aromatic nitrogens is 1. The predicted octanol–water partition coefficient (Wildman–Crippen LogP) is 1.55. The molecule has 10 nitrogen and oxygen atoms in total. The molecule has 0 spiro atoms. The van der Waals surface area contributed by atoms with Gasteiger partial charge in [-0.25, -0.2) is 9.59 Å².